The average molecular weight is 413 g/mol. The van der Waals surface area contributed by atoms with E-state index in [9.17, 15) is 20.0 Å². The molecule has 0 aliphatic rings. The zero-order valence-electron chi connectivity index (χ0n) is 12.3. The number of ether oxygens (including phenoxy) is 1. The summed E-state index contributed by atoms with van der Waals surface area (Å²) in [5.74, 6) is -0.206. The number of allylic oxidation sites excluding steroid dienone is 1. The minimum Gasteiger partial charge on any atom is -0.504 e. The third-order valence-electron chi connectivity index (χ3n) is 3.14. The molecule has 8 heteroatoms. The zero-order valence-corrected chi connectivity index (χ0v) is 14.7. The number of benzene rings is 2. The largest absolute Gasteiger partial charge is 0.504 e. The summed E-state index contributed by atoms with van der Waals surface area (Å²) >= 11 is 9.00. The van der Waals surface area contributed by atoms with E-state index in [0.717, 1.165) is 6.07 Å². The van der Waals surface area contributed by atoms with Gasteiger partial charge in [-0.25, -0.2) is 0 Å². The van der Waals surface area contributed by atoms with Crippen LogP contribution in [0.25, 0.3) is 6.08 Å². The van der Waals surface area contributed by atoms with Crippen LogP contribution in [0.15, 0.2) is 40.9 Å². The Bertz CT molecular complexity index is 851. The zero-order chi connectivity index (χ0) is 17.9. The molecule has 0 radical (unpaired) electrons. The van der Waals surface area contributed by atoms with Crippen LogP contribution in [-0.4, -0.2) is 22.9 Å². The van der Waals surface area contributed by atoms with Gasteiger partial charge >= 0.3 is 0 Å². The lowest BCUT2D eigenvalue weighted by Gasteiger charge is -2.06. The number of nitrogens with zero attached hydrogens (tertiary/aromatic N) is 1. The van der Waals surface area contributed by atoms with Gasteiger partial charge in [-0.2, -0.15) is 0 Å². The van der Waals surface area contributed by atoms with E-state index in [4.69, 9.17) is 16.3 Å². The molecule has 2 aromatic carbocycles. The Labute approximate surface area is 150 Å². The van der Waals surface area contributed by atoms with Crippen molar-refractivity contribution in [1.82, 2.24) is 0 Å². The summed E-state index contributed by atoms with van der Waals surface area (Å²) in [6, 6.07) is 6.83. The summed E-state index contributed by atoms with van der Waals surface area (Å²) in [5, 5.41) is 20.5. The van der Waals surface area contributed by atoms with Crippen LogP contribution in [0.3, 0.4) is 0 Å². The van der Waals surface area contributed by atoms with Gasteiger partial charge in [-0.3, -0.25) is 14.9 Å². The number of hydrogen-bond acceptors (Lipinski definition) is 5. The highest BCUT2D eigenvalue weighted by Gasteiger charge is 2.15. The smallest absolute Gasteiger partial charge is 0.288 e. The van der Waals surface area contributed by atoms with Crippen LogP contribution < -0.4 is 4.74 Å². The van der Waals surface area contributed by atoms with Crippen LogP contribution in [0.2, 0.25) is 5.02 Å². The summed E-state index contributed by atoms with van der Waals surface area (Å²) in [7, 11) is 1.41. The summed E-state index contributed by atoms with van der Waals surface area (Å²) in [6.07, 6.45) is 2.78. The van der Waals surface area contributed by atoms with Crippen molar-refractivity contribution < 1.29 is 19.6 Å². The first-order chi connectivity index (χ1) is 11.3. The van der Waals surface area contributed by atoms with Crippen molar-refractivity contribution in [3.05, 3.63) is 67.1 Å². The van der Waals surface area contributed by atoms with E-state index >= 15 is 0 Å². The van der Waals surface area contributed by atoms with E-state index in [0.29, 0.717) is 10.0 Å². The van der Waals surface area contributed by atoms with Crippen LogP contribution in [0, 0.1) is 10.1 Å². The first-order valence-corrected chi connectivity index (χ1v) is 7.73. The van der Waals surface area contributed by atoms with Gasteiger partial charge in [0.15, 0.2) is 17.3 Å². The molecule has 0 saturated heterocycles. The molecule has 0 bridgehead atoms. The van der Waals surface area contributed by atoms with Gasteiger partial charge in [-0.1, -0.05) is 27.5 Å². The Balaban J connectivity index is 2.31. The van der Waals surface area contributed by atoms with Gasteiger partial charge in [0, 0.05) is 16.1 Å². The van der Waals surface area contributed by atoms with Gasteiger partial charge in [0.2, 0.25) is 0 Å². The number of rotatable bonds is 5. The second kappa shape index (κ2) is 7.46. The molecule has 0 fully saturated rings. The molecule has 0 spiro atoms. The number of carbonyl (C=O) groups excluding carboxylic acids is 1. The van der Waals surface area contributed by atoms with E-state index in [-0.39, 0.29) is 27.8 Å². The highest BCUT2D eigenvalue weighted by Crippen LogP contribution is 2.33. The van der Waals surface area contributed by atoms with Crippen LogP contribution in [0.4, 0.5) is 5.69 Å². The Kier molecular flexibility index (Phi) is 5.58. The number of ketones is 1. The molecule has 0 heterocycles. The van der Waals surface area contributed by atoms with Crippen molar-refractivity contribution in [1.29, 1.82) is 0 Å². The van der Waals surface area contributed by atoms with Crippen molar-refractivity contribution in [3.8, 4) is 11.5 Å². The van der Waals surface area contributed by atoms with Gasteiger partial charge in [0.25, 0.3) is 5.69 Å². The molecule has 0 saturated carbocycles. The normalized spacial score (nSPS) is 10.8. The minimum atomic E-state index is -0.649. The van der Waals surface area contributed by atoms with Gasteiger partial charge in [-0.05, 0) is 42.0 Å². The lowest BCUT2D eigenvalue weighted by Crippen LogP contribution is -1.97. The number of phenolic OH excluding ortho intramolecular Hbond substituents is 1. The second-order valence-corrected chi connectivity index (χ2v) is 5.93. The van der Waals surface area contributed by atoms with Crippen molar-refractivity contribution in [3.63, 3.8) is 0 Å². The highest BCUT2D eigenvalue weighted by molar-refractivity contribution is 9.10. The molecule has 0 atom stereocenters. The molecule has 0 unspecified atom stereocenters. The molecule has 24 heavy (non-hydrogen) atoms. The number of halogens is 2. The molecular weight excluding hydrogens is 402 g/mol. The molecule has 0 aliphatic carbocycles. The number of nitro benzene ring substituents is 1. The molecule has 0 aliphatic heterocycles. The number of aromatic hydroxyl groups is 1. The monoisotopic (exact) mass is 411 g/mol. The Morgan fingerprint density at radius 3 is 2.71 bits per heavy atom. The minimum absolute atomic E-state index is 0.0356. The maximum Gasteiger partial charge on any atom is 0.288 e. The van der Waals surface area contributed by atoms with Crippen LogP contribution in [0.1, 0.15) is 15.9 Å². The van der Waals surface area contributed by atoms with Gasteiger partial charge < -0.3 is 9.84 Å². The molecular formula is C16H11BrClNO5. The van der Waals surface area contributed by atoms with Crippen LogP contribution in [-0.2, 0) is 0 Å². The Hall–Kier alpha value is -2.38. The van der Waals surface area contributed by atoms with Crippen molar-refractivity contribution in [2.24, 2.45) is 0 Å². The number of hydrogen-bond donors (Lipinski definition) is 1. The second-order valence-electron chi connectivity index (χ2n) is 4.67. The fraction of sp³-hybridized carbons (Fsp3) is 0.0625. The predicted octanol–water partition coefficient (Wildman–Crippen LogP) is 4.62. The van der Waals surface area contributed by atoms with Gasteiger partial charge in [-0.15, -0.1) is 0 Å². The van der Waals surface area contributed by atoms with E-state index in [1.54, 1.807) is 6.07 Å². The van der Waals surface area contributed by atoms with Crippen molar-refractivity contribution in [2.75, 3.05) is 7.11 Å². The fourth-order valence-corrected chi connectivity index (χ4v) is 2.57. The van der Waals surface area contributed by atoms with E-state index in [1.807, 2.05) is 0 Å². The first-order valence-electron chi connectivity index (χ1n) is 6.56. The van der Waals surface area contributed by atoms with E-state index < -0.39 is 10.7 Å². The lowest BCUT2D eigenvalue weighted by molar-refractivity contribution is -0.384. The third kappa shape index (κ3) is 3.93. The van der Waals surface area contributed by atoms with Crippen molar-refractivity contribution in [2.45, 2.75) is 0 Å². The summed E-state index contributed by atoms with van der Waals surface area (Å²) in [5.41, 5.74) is 0.411. The molecule has 0 aromatic heterocycles. The molecule has 2 aromatic rings. The maximum atomic E-state index is 12.2. The quantitative estimate of drug-likeness (QED) is 0.335. The lowest BCUT2D eigenvalue weighted by atomic mass is 10.1. The summed E-state index contributed by atoms with van der Waals surface area (Å²) in [6.45, 7) is 0. The SMILES string of the molecule is COc1cc(C=CC(=O)c2ccc(Cl)c([N+](=O)[O-])c2)c(Br)cc1O. The van der Waals surface area contributed by atoms with E-state index in [1.165, 1.54) is 37.5 Å². The molecule has 1 N–H and O–H groups in total. The molecule has 2 rings (SSSR count). The fourth-order valence-electron chi connectivity index (χ4n) is 1.92. The maximum absolute atomic E-state index is 12.2. The van der Waals surface area contributed by atoms with Crippen molar-refractivity contribution >= 4 is 45.1 Å². The van der Waals surface area contributed by atoms with Gasteiger partial charge in [0.05, 0.1) is 12.0 Å². The van der Waals surface area contributed by atoms with Gasteiger partial charge in [0.1, 0.15) is 5.02 Å². The molecule has 124 valence electrons. The Morgan fingerprint density at radius 1 is 1.38 bits per heavy atom. The number of carbonyl (C=O) groups is 1. The Morgan fingerprint density at radius 2 is 2.08 bits per heavy atom. The molecule has 0 amide bonds. The highest BCUT2D eigenvalue weighted by atomic mass is 79.9. The topological polar surface area (TPSA) is 89.7 Å². The van der Waals surface area contributed by atoms with Crippen LogP contribution >= 0.6 is 27.5 Å². The number of phenols is 1. The van der Waals surface area contributed by atoms with Crippen LogP contribution in [0.5, 0.6) is 11.5 Å². The van der Waals surface area contributed by atoms with E-state index in [2.05, 4.69) is 15.9 Å². The number of nitro groups is 1. The summed E-state index contributed by atoms with van der Waals surface area (Å²) in [4.78, 5) is 22.4. The molecule has 6 nitrogen and oxygen atoms in total. The average Bonchev–Trinajstić information content (AvgIpc) is 2.54. The predicted molar refractivity (Wildman–Crippen MR) is 93.8 cm³/mol. The summed E-state index contributed by atoms with van der Waals surface area (Å²) < 4.78 is 5.57. The standard InChI is InChI=1S/C16H11BrClNO5/c1-24-16-7-9(11(17)8-15(16)21)3-5-14(20)10-2-4-12(18)13(6-10)19(22)23/h2-8,21H,1H3. The third-order valence-corrected chi connectivity index (χ3v) is 4.15. The number of methoxy groups -OCH3 is 1. The first kappa shape index (κ1) is 18.0.